The Morgan fingerprint density at radius 1 is 1.11 bits per heavy atom. The van der Waals surface area contributed by atoms with Gasteiger partial charge in [0.2, 0.25) is 0 Å². The molecule has 2 heterocycles. The van der Waals surface area contributed by atoms with Crippen molar-refractivity contribution in [2.45, 2.75) is 0 Å². The molecule has 0 aliphatic carbocycles. The highest BCUT2D eigenvalue weighted by molar-refractivity contribution is 6.35. The van der Waals surface area contributed by atoms with E-state index >= 15 is 0 Å². The Bertz CT molecular complexity index is 1280. The van der Waals surface area contributed by atoms with Crippen molar-refractivity contribution in [2.75, 3.05) is 0 Å². The molecule has 28 heavy (non-hydrogen) atoms. The lowest BCUT2D eigenvalue weighted by atomic mass is 10.0. The molecular weight excluding hydrogens is 401 g/mol. The zero-order valence-electron chi connectivity index (χ0n) is 14.6. The van der Waals surface area contributed by atoms with Crippen LogP contribution in [0.15, 0.2) is 59.7 Å². The van der Waals surface area contributed by atoms with E-state index in [-0.39, 0.29) is 16.9 Å². The Balaban J connectivity index is 1.78. The summed E-state index contributed by atoms with van der Waals surface area (Å²) in [6, 6.07) is 11.6. The van der Waals surface area contributed by atoms with Crippen LogP contribution in [0.3, 0.4) is 0 Å². The van der Waals surface area contributed by atoms with Gasteiger partial charge in [0.05, 0.1) is 10.5 Å². The smallest absolute Gasteiger partial charge is 0.277 e. The topological polar surface area (TPSA) is 77.0 Å². The highest BCUT2D eigenvalue weighted by atomic mass is 35.5. The van der Waals surface area contributed by atoms with Gasteiger partial charge < -0.3 is 9.84 Å². The van der Waals surface area contributed by atoms with Crippen LogP contribution in [-0.2, 0) is 7.05 Å². The molecule has 0 spiro atoms. The van der Waals surface area contributed by atoms with Crippen LogP contribution in [0.2, 0.25) is 10.0 Å². The molecule has 0 saturated carbocycles. The third kappa shape index (κ3) is 3.28. The summed E-state index contributed by atoms with van der Waals surface area (Å²) in [5.41, 5.74) is 0.667. The van der Waals surface area contributed by atoms with E-state index in [2.05, 4.69) is 10.1 Å². The van der Waals surface area contributed by atoms with Crippen LogP contribution >= 0.6 is 23.2 Å². The molecule has 6 nitrogen and oxygen atoms in total. The Morgan fingerprint density at radius 2 is 1.93 bits per heavy atom. The maximum atomic E-state index is 12.8. The molecule has 0 aliphatic heterocycles. The standard InChI is InChI=1S/C20H13Cl2N3O3/c1-25-20(27)14(10-24-25)19(26)11-2-4-16-13(8-11)17(6-7-23-16)28-18-5-3-12(21)9-15(18)22/h2-10,24H,1H3. The number of nitrogens with zero attached hydrogens (tertiary/aromatic N) is 2. The van der Waals surface area contributed by atoms with Crippen molar-refractivity contribution < 1.29 is 9.53 Å². The van der Waals surface area contributed by atoms with Crippen molar-refractivity contribution in [2.24, 2.45) is 7.05 Å². The first kappa shape index (κ1) is 18.3. The van der Waals surface area contributed by atoms with Gasteiger partial charge in [0.1, 0.15) is 17.1 Å². The van der Waals surface area contributed by atoms with E-state index < -0.39 is 0 Å². The van der Waals surface area contributed by atoms with E-state index in [1.165, 1.54) is 10.9 Å². The summed E-state index contributed by atoms with van der Waals surface area (Å²) in [6.45, 7) is 0. The number of ketones is 1. The number of hydrogen-bond acceptors (Lipinski definition) is 4. The summed E-state index contributed by atoms with van der Waals surface area (Å²) in [4.78, 5) is 29.1. The lowest BCUT2D eigenvalue weighted by Crippen LogP contribution is -2.19. The summed E-state index contributed by atoms with van der Waals surface area (Å²) < 4.78 is 7.17. The Labute approximate surface area is 169 Å². The SMILES string of the molecule is Cn1[nH]cc(C(=O)c2ccc3nccc(Oc4ccc(Cl)cc4Cl)c3c2)c1=O. The molecule has 2 aromatic heterocycles. The lowest BCUT2D eigenvalue weighted by molar-refractivity contribution is 0.103. The number of halogens is 2. The first-order valence-corrected chi connectivity index (χ1v) is 9.00. The van der Waals surface area contributed by atoms with E-state index in [9.17, 15) is 9.59 Å². The summed E-state index contributed by atoms with van der Waals surface area (Å²) in [7, 11) is 1.55. The minimum absolute atomic E-state index is 0.0638. The van der Waals surface area contributed by atoms with E-state index in [1.54, 1.807) is 55.7 Å². The van der Waals surface area contributed by atoms with Crippen LogP contribution in [0.5, 0.6) is 11.5 Å². The van der Waals surface area contributed by atoms with Gasteiger partial charge in [-0.3, -0.25) is 19.3 Å². The maximum Gasteiger partial charge on any atom is 0.277 e. The van der Waals surface area contributed by atoms with Gasteiger partial charge in [0, 0.05) is 35.4 Å². The zero-order chi connectivity index (χ0) is 19.8. The minimum Gasteiger partial charge on any atom is -0.455 e. The zero-order valence-corrected chi connectivity index (χ0v) is 16.1. The largest absolute Gasteiger partial charge is 0.455 e. The number of nitrogens with one attached hydrogen (secondary N) is 1. The van der Waals surface area contributed by atoms with Gasteiger partial charge in [0.15, 0.2) is 5.78 Å². The summed E-state index contributed by atoms with van der Waals surface area (Å²) >= 11 is 12.1. The number of ether oxygens (including phenoxy) is 1. The van der Waals surface area contributed by atoms with Gasteiger partial charge in [-0.05, 0) is 42.5 Å². The lowest BCUT2D eigenvalue weighted by Gasteiger charge is -2.11. The van der Waals surface area contributed by atoms with Crippen LogP contribution in [0.4, 0.5) is 0 Å². The number of carbonyl (C=O) groups is 1. The predicted molar refractivity (Wildman–Crippen MR) is 108 cm³/mol. The van der Waals surface area contributed by atoms with Crippen LogP contribution < -0.4 is 10.3 Å². The second-order valence-corrected chi connectivity index (χ2v) is 6.94. The molecule has 2 aromatic carbocycles. The van der Waals surface area contributed by atoms with E-state index in [0.29, 0.717) is 38.0 Å². The molecule has 0 amide bonds. The third-order valence-electron chi connectivity index (χ3n) is 4.26. The van der Waals surface area contributed by atoms with Crippen LogP contribution in [0.1, 0.15) is 15.9 Å². The molecule has 1 N–H and O–H groups in total. The minimum atomic E-state index is -0.388. The van der Waals surface area contributed by atoms with Crippen molar-refractivity contribution in [3.05, 3.63) is 86.4 Å². The molecule has 4 rings (SSSR count). The van der Waals surface area contributed by atoms with E-state index in [4.69, 9.17) is 27.9 Å². The van der Waals surface area contributed by atoms with Gasteiger partial charge in [0.25, 0.3) is 5.56 Å². The van der Waals surface area contributed by atoms with Crippen molar-refractivity contribution >= 4 is 39.9 Å². The summed E-state index contributed by atoms with van der Waals surface area (Å²) in [5, 5.41) is 4.18. The van der Waals surface area contributed by atoms with E-state index in [0.717, 1.165) is 0 Å². The molecule has 0 saturated heterocycles. The van der Waals surface area contributed by atoms with Gasteiger partial charge >= 0.3 is 0 Å². The number of benzene rings is 2. The Kier molecular flexibility index (Phi) is 4.66. The van der Waals surface area contributed by atoms with Crippen LogP contribution in [0.25, 0.3) is 10.9 Å². The number of pyridine rings is 1. The van der Waals surface area contributed by atoms with Crippen LogP contribution in [-0.4, -0.2) is 20.5 Å². The second-order valence-electron chi connectivity index (χ2n) is 6.10. The first-order chi connectivity index (χ1) is 13.4. The molecule has 0 bridgehead atoms. The Morgan fingerprint density at radius 3 is 2.64 bits per heavy atom. The first-order valence-electron chi connectivity index (χ1n) is 8.25. The Hall–Kier alpha value is -3.09. The highest BCUT2D eigenvalue weighted by Crippen LogP contribution is 2.34. The second kappa shape index (κ2) is 7.14. The molecule has 140 valence electrons. The van der Waals surface area contributed by atoms with Gasteiger partial charge in [-0.25, -0.2) is 0 Å². The van der Waals surface area contributed by atoms with Crippen molar-refractivity contribution in [1.29, 1.82) is 0 Å². The number of rotatable bonds is 4. The summed E-state index contributed by atoms with van der Waals surface area (Å²) in [6.07, 6.45) is 2.99. The number of aromatic amines is 1. The molecule has 0 atom stereocenters. The van der Waals surface area contributed by atoms with Gasteiger partial charge in [-0.15, -0.1) is 0 Å². The number of fused-ring (bicyclic) bond motifs is 1. The monoisotopic (exact) mass is 413 g/mol. The number of hydrogen-bond donors (Lipinski definition) is 1. The normalized spacial score (nSPS) is 11.0. The van der Waals surface area contributed by atoms with E-state index in [1.807, 2.05) is 0 Å². The van der Waals surface area contributed by atoms with Crippen molar-refractivity contribution in [1.82, 2.24) is 14.8 Å². The van der Waals surface area contributed by atoms with Gasteiger partial charge in [-0.1, -0.05) is 23.2 Å². The number of aromatic nitrogens is 3. The van der Waals surface area contributed by atoms with Gasteiger partial charge in [-0.2, -0.15) is 0 Å². The fraction of sp³-hybridized carbons (Fsp3) is 0.0500. The molecule has 8 heteroatoms. The van der Waals surface area contributed by atoms with Crippen molar-refractivity contribution in [3.63, 3.8) is 0 Å². The van der Waals surface area contributed by atoms with Crippen LogP contribution in [0, 0.1) is 0 Å². The molecule has 4 aromatic rings. The number of carbonyl (C=O) groups excluding carboxylic acids is 1. The molecular formula is C20H13Cl2N3O3. The average molecular weight is 414 g/mol. The fourth-order valence-corrected chi connectivity index (χ4v) is 3.26. The number of aryl methyl sites for hydroxylation is 1. The molecule has 0 radical (unpaired) electrons. The van der Waals surface area contributed by atoms with Crippen molar-refractivity contribution in [3.8, 4) is 11.5 Å². The average Bonchev–Trinajstić information content (AvgIpc) is 3.02. The molecule has 0 fully saturated rings. The molecule has 0 unspecified atom stereocenters. The third-order valence-corrected chi connectivity index (χ3v) is 4.79. The molecule has 0 aliphatic rings. The fourth-order valence-electron chi connectivity index (χ4n) is 2.81. The highest BCUT2D eigenvalue weighted by Gasteiger charge is 2.17. The quantitative estimate of drug-likeness (QED) is 0.496. The number of H-pyrrole nitrogens is 1. The predicted octanol–water partition coefficient (Wildman–Crippen LogP) is 4.59. The summed E-state index contributed by atoms with van der Waals surface area (Å²) in [5.74, 6) is 0.517. The maximum absolute atomic E-state index is 12.8.